The van der Waals surface area contributed by atoms with E-state index in [1.54, 1.807) is 0 Å². The summed E-state index contributed by atoms with van der Waals surface area (Å²) in [7, 11) is 0. The van der Waals surface area contributed by atoms with Crippen LogP contribution in [-0.2, 0) is 28.6 Å². The predicted octanol–water partition coefficient (Wildman–Crippen LogP) is 17.5. The summed E-state index contributed by atoms with van der Waals surface area (Å²) < 4.78 is 16.8. The minimum atomic E-state index is -0.780. The molecule has 0 aromatic heterocycles. The highest BCUT2D eigenvalue weighted by Crippen LogP contribution is 2.16. The summed E-state index contributed by atoms with van der Waals surface area (Å²) in [6.07, 6.45) is 61.0. The highest BCUT2D eigenvalue weighted by atomic mass is 16.6. The van der Waals surface area contributed by atoms with Crippen LogP contribution in [0, 0.1) is 0 Å². The van der Waals surface area contributed by atoms with Crippen molar-refractivity contribution in [2.45, 2.75) is 277 Å². The Morgan fingerprint density at radius 1 is 0.339 bits per heavy atom. The fourth-order valence-electron chi connectivity index (χ4n) is 7.69. The van der Waals surface area contributed by atoms with E-state index < -0.39 is 6.10 Å². The lowest BCUT2D eigenvalue weighted by molar-refractivity contribution is -0.167. The molecule has 6 nitrogen and oxygen atoms in total. The van der Waals surface area contributed by atoms with Crippen molar-refractivity contribution in [3.05, 3.63) is 48.6 Å². The van der Waals surface area contributed by atoms with Crippen LogP contribution in [0.5, 0.6) is 0 Å². The molecule has 1 atom stereocenters. The van der Waals surface area contributed by atoms with Crippen molar-refractivity contribution in [3.8, 4) is 0 Å². The number of hydrogen-bond donors (Lipinski definition) is 0. The molecule has 0 fully saturated rings. The van der Waals surface area contributed by atoms with Gasteiger partial charge in [-0.3, -0.25) is 14.4 Å². The molecule has 0 aromatic rings. The van der Waals surface area contributed by atoms with Gasteiger partial charge in [0, 0.05) is 19.3 Å². The van der Waals surface area contributed by atoms with Crippen LogP contribution >= 0.6 is 0 Å². The predicted molar refractivity (Wildman–Crippen MR) is 265 cm³/mol. The van der Waals surface area contributed by atoms with E-state index in [4.69, 9.17) is 14.2 Å². The molecule has 0 aliphatic heterocycles. The van der Waals surface area contributed by atoms with Crippen molar-refractivity contribution in [2.75, 3.05) is 13.2 Å². The molecular formula is C56H100O6. The Morgan fingerprint density at radius 2 is 0.629 bits per heavy atom. The third-order valence-corrected chi connectivity index (χ3v) is 11.7. The van der Waals surface area contributed by atoms with Crippen LogP contribution in [0.4, 0.5) is 0 Å². The fourth-order valence-corrected chi connectivity index (χ4v) is 7.69. The molecule has 0 amide bonds. The molecule has 0 N–H and O–H groups in total. The summed E-state index contributed by atoms with van der Waals surface area (Å²) in [5.74, 6) is -0.892. The Balaban J connectivity index is 4.34. The molecule has 0 bridgehead atoms. The topological polar surface area (TPSA) is 78.9 Å². The second kappa shape index (κ2) is 51.0. The van der Waals surface area contributed by atoms with Gasteiger partial charge in [0.15, 0.2) is 6.10 Å². The van der Waals surface area contributed by atoms with Crippen LogP contribution < -0.4 is 0 Å². The molecule has 0 aromatic carbocycles. The first-order valence-electron chi connectivity index (χ1n) is 26.7. The monoisotopic (exact) mass is 869 g/mol. The summed E-state index contributed by atoms with van der Waals surface area (Å²) in [5.41, 5.74) is 0. The largest absolute Gasteiger partial charge is 0.462 e. The van der Waals surface area contributed by atoms with Crippen LogP contribution in [0.25, 0.3) is 0 Å². The zero-order valence-electron chi connectivity index (χ0n) is 41.1. The lowest BCUT2D eigenvalue weighted by atomic mass is 10.0. The normalized spacial score (nSPS) is 12.4. The Labute approximate surface area is 384 Å². The Kier molecular flexibility index (Phi) is 48.8. The number of ether oxygens (including phenoxy) is 3. The van der Waals surface area contributed by atoms with Gasteiger partial charge in [0.2, 0.25) is 0 Å². The van der Waals surface area contributed by atoms with E-state index in [1.807, 2.05) is 18.2 Å². The minimum absolute atomic E-state index is 0.0791. The highest BCUT2D eigenvalue weighted by Gasteiger charge is 2.19. The Hall–Kier alpha value is -2.63. The Bertz CT molecular complexity index is 1090. The number of hydrogen-bond acceptors (Lipinski definition) is 6. The molecule has 0 spiro atoms. The summed E-state index contributed by atoms with van der Waals surface area (Å²) in [4.78, 5) is 38.0. The first-order chi connectivity index (χ1) is 30.5. The van der Waals surface area contributed by atoms with Crippen molar-refractivity contribution in [2.24, 2.45) is 0 Å². The average molecular weight is 869 g/mol. The zero-order valence-corrected chi connectivity index (χ0v) is 41.1. The molecule has 0 heterocycles. The average Bonchev–Trinajstić information content (AvgIpc) is 3.27. The number of carbonyl (C=O) groups excluding carboxylic acids is 3. The second-order valence-corrected chi connectivity index (χ2v) is 17.9. The molecule has 0 saturated carbocycles. The van der Waals surface area contributed by atoms with Gasteiger partial charge in [0.25, 0.3) is 0 Å². The number of allylic oxidation sites excluding steroid dienone is 8. The van der Waals surface area contributed by atoms with Crippen molar-refractivity contribution >= 4 is 17.9 Å². The van der Waals surface area contributed by atoms with Gasteiger partial charge >= 0.3 is 17.9 Å². The lowest BCUT2D eigenvalue weighted by Gasteiger charge is -2.18. The zero-order chi connectivity index (χ0) is 45.1. The Morgan fingerprint density at radius 3 is 0.984 bits per heavy atom. The van der Waals surface area contributed by atoms with Gasteiger partial charge in [-0.15, -0.1) is 0 Å². The molecule has 360 valence electrons. The first kappa shape index (κ1) is 59.4. The van der Waals surface area contributed by atoms with Crippen LogP contribution in [-0.4, -0.2) is 37.2 Å². The summed E-state index contributed by atoms with van der Waals surface area (Å²) in [6.45, 7) is 6.50. The van der Waals surface area contributed by atoms with Crippen LogP contribution in [0.3, 0.4) is 0 Å². The minimum Gasteiger partial charge on any atom is -0.462 e. The van der Waals surface area contributed by atoms with E-state index >= 15 is 0 Å². The SMILES string of the molecule is CC\C=C/C=C\C=C/C=C\CCCCCCCC(=O)OC(COC(=O)CCCCCCCCCCCCC)COC(=O)CCCCCCCCCCCCCCCCCCCC. The van der Waals surface area contributed by atoms with E-state index in [1.165, 1.54) is 148 Å². The maximum absolute atomic E-state index is 12.8. The van der Waals surface area contributed by atoms with E-state index in [2.05, 4.69) is 51.2 Å². The van der Waals surface area contributed by atoms with Crippen LogP contribution in [0.15, 0.2) is 48.6 Å². The quantitative estimate of drug-likeness (QED) is 0.0262. The number of unbranched alkanes of at least 4 members (excludes halogenated alkanes) is 32. The van der Waals surface area contributed by atoms with Crippen LogP contribution in [0.1, 0.15) is 271 Å². The van der Waals surface area contributed by atoms with Gasteiger partial charge < -0.3 is 14.2 Å². The maximum atomic E-state index is 12.8. The third kappa shape index (κ3) is 48.4. The third-order valence-electron chi connectivity index (χ3n) is 11.7. The van der Waals surface area contributed by atoms with Crippen LogP contribution in [0.2, 0.25) is 0 Å². The number of carbonyl (C=O) groups is 3. The molecule has 0 radical (unpaired) electrons. The van der Waals surface area contributed by atoms with E-state index in [-0.39, 0.29) is 31.1 Å². The van der Waals surface area contributed by atoms with Crippen molar-refractivity contribution in [1.82, 2.24) is 0 Å². The van der Waals surface area contributed by atoms with E-state index in [9.17, 15) is 14.4 Å². The molecule has 0 saturated heterocycles. The number of rotatable bonds is 48. The standard InChI is InChI=1S/C56H100O6/c1-4-7-10-13-16-19-22-24-26-27-28-30-31-34-37-40-43-46-49-55(58)61-52-53(51-60-54(57)48-45-42-39-36-33-21-18-15-12-9-6-3)62-56(59)50-47-44-41-38-35-32-29-25-23-20-17-14-11-8-5-2/h8,11,14,17,20,23,25,29,53H,4-7,9-10,12-13,15-16,18-19,21-22,24,26-28,30-52H2,1-3H3/b11-8-,17-14-,23-20-,29-25-. The smallest absolute Gasteiger partial charge is 0.306 e. The summed E-state index contributed by atoms with van der Waals surface area (Å²) in [6, 6.07) is 0. The summed E-state index contributed by atoms with van der Waals surface area (Å²) >= 11 is 0. The summed E-state index contributed by atoms with van der Waals surface area (Å²) in [5, 5.41) is 0. The highest BCUT2D eigenvalue weighted by molar-refractivity contribution is 5.71. The van der Waals surface area contributed by atoms with E-state index in [0.29, 0.717) is 19.3 Å². The molecule has 1 unspecified atom stereocenters. The number of esters is 3. The van der Waals surface area contributed by atoms with Crippen molar-refractivity contribution < 1.29 is 28.6 Å². The van der Waals surface area contributed by atoms with Gasteiger partial charge in [0.1, 0.15) is 13.2 Å². The molecule has 62 heavy (non-hydrogen) atoms. The van der Waals surface area contributed by atoms with Gasteiger partial charge in [-0.1, -0.05) is 262 Å². The van der Waals surface area contributed by atoms with Crippen molar-refractivity contribution in [1.29, 1.82) is 0 Å². The molecule has 0 rings (SSSR count). The lowest BCUT2D eigenvalue weighted by Crippen LogP contribution is -2.30. The molecule has 6 heteroatoms. The first-order valence-corrected chi connectivity index (χ1v) is 26.7. The second-order valence-electron chi connectivity index (χ2n) is 17.9. The molecule has 0 aliphatic rings. The van der Waals surface area contributed by atoms with Gasteiger partial charge in [-0.25, -0.2) is 0 Å². The fraction of sp³-hybridized carbons (Fsp3) is 0.804. The maximum Gasteiger partial charge on any atom is 0.306 e. The van der Waals surface area contributed by atoms with Gasteiger partial charge in [0.05, 0.1) is 0 Å². The van der Waals surface area contributed by atoms with E-state index in [0.717, 1.165) is 83.5 Å². The van der Waals surface area contributed by atoms with Crippen molar-refractivity contribution in [3.63, 3.8) is 0 Å². The molecule has 0 aliphatic carbocycles. The van der Waals surface area contributed by atoms with Gasteiger partial charge in [-0.05, 0) is 38.5 Å². The molecular weight excluding hydrogens is 769 g/mol. The van der Waals surface area contributed by atoms with Gasteiger partial charge in [-0.2, -0.15) is 0 Å².